The summed E-state index contributed by atoms with van der Waals surface area (Å²) in [6, 6.07) is 28.8. The van der Waals surface area contributed by atoms with Crippen LogP contribution in [-0.2, 0) is 42.2 Å². The molecule has 3 aliphatic rings. The van der Waals surface area contributed by atoms with Gasteiger partial charge >= 0.3 is 6.03 Å². The summed E-state index contributed by atoms with van der Waals surface area (Å²) in [5, 5.41) is 20.9. The molecule has 0 aliphatic carbocycles. The maximum absolute atomic E-state index is 14.4. The highest BCUT2D eigenvalue weighted by molar-refractivity contribution is 5.91. The molecule has 4 aromatic rings. The van der Waals surface area contributed by atoms with Gasteiger partial charge in [-0.3, -0.25) is 9.59 Å². The highest BCUT2D eigenvalue weighted by atomic mass is 16.3. The maximum atomic E-state index is 14.4. The number of hydrogen-bond donors (Lipinski definition) is 3. The number of nitrogens with one attached hydrogen (secondary N) is 1. The standard InChI is InChI=1S/C37H38N8O4/c1-41-24-35(47)44-33(18-25-14-16-29(46)17-15-25)36(48)42(23-34(44)45(41)37(49)39-19-26-8-3-2-4-9-26)21-27-11-7-13-32-30(27)20-40-43(32)22-28-10-5-6-12-31(28)38/h2-17,33-34H,18-24,38H2,1H3,(H-,39,46,49)/p+1/t33-,34-/m0/s1. The van der Waals surface area contributed by atoms with Gasteiger partial charge in [-0.05, 0) is 40.0 Å². The van der Waals surface area contributed by atoms with Crippen molar-refractivity contribution in [1.82, 2.24) is 25.1 Å². The average molecular weight is 660 g/mol. The van der Waals surface area contributed by atoms with Crippen molar-refractivity contribution in [3.63, 3.8) is 0 Å². The molecule has 0 aromatic heterocycles. The van der Waals surface area contributed by atoms with Crippen molar-refractivity contribution in [1.29, 1.82) is 0 Å². The van der Waals surface area contributed by atoms with E-state index in [1.807, 2.05) is 77.5 Å². The number of piperazine rings is 1. The Morgan fingerprint density at radius 3 is 2.45 bits per heavy atom. The fourth-order valence-corrected chi connectivity index (χ4v) is 6.96. The number of anilines is 1. The van der Waals surface area contributed by atoms with Gasteiger partial charge in [0.1, 0.15) is 24.5 Å². The highest BCUT2D eigenvalue weighted by Gasteiger charge is 2.50. The first-order chi connectivity index (χ1) is 23.8. The Morgan fingerprint density at radius 2 is 1.67 bits per heavy atom. The molecule has 12 nitrogen and oxygen atoms in total. The summed E-state index contributed by atoms with van der Waals surface area (Å²) < 4.78 is 1.95. The smallest absolute Gasteiger partial charge is 0.334 e. The zero-order valence-corrected chi connectivity index (χ0v) is 27.3. The van der Waals surface area contributed by atoms with E-state index < -0.39 is 12.2 Å². The van der Waals surface area contributed by atoms with E-state index in [4.69, 9.17) is 10.8 Å². The maximum Gasteiger partial charge on any atom is 0.334 e. The Labute approximate surface area is 284 Å². The summed E-state index contributed by atoms with van der Waals surface area (Å²) in [6.07, 6.45) is -0.504. The third-order valence-corrected chi connectivity index (χ3v) is 9.46. The largest absolute Gasteiger partial charge is 0.508 e. The number of amides is 4. The lowest BCUT2D eigenvalue weighted by atomic mass is 9.97. The molecule has 49 heavy (non-hydrogen) atoms. The zero-order chi connectivity index (χ0) is 34.1. The molecule has 0 bridgehead atoms. The summed E-state index contributed by atoms with van der Waals surface area (Å²) in [5.41, 5.74) is 12.6. The van der Waals surface area contributed by atoms with Crippen LogP contribution >= 0.6 is 0 Å². The summed E-state index contributed by atoms with van der Waals surface area (Å²) >= 11 is 0. The molecule has 7 rings (SSSR count). The molecule has 0 saturated carbocycles. The van der Waals surface area contributed by atoms with Gasteiger partial charge in [0.05, 0.1) is 18.7 Å². The third kappa shape index (κ3) is 6.42. The first-order valence-corrected chi connectivity index (χ1v) is 16.4. The number of carbonyl (C=O) groups is 3. The second-order valence-corrected chi connectivity index (χ2v) is 12.7. The number of likely N-dealkylation sites (N-methyl/N-ethyl adjacent to an activating group) is 1. The molecule has 0 unspecified atom stereocenters. The van der Waals surface area contributed by atoms with Crippen LogP contribution in [0.1, 0.15) is 27.8 Å². The van der Waals surface area contributed by atoms with Gasteiger partial charge in [-0.2, -0.15) is 0 Å². The van der Waals surface area contributed by atoms with Crippen LogP contribution in [0.15, 0.2) is 102 Å². The Bertz CT molecular complexity index is 1920. The third-order valence-electron chi connectivity index (χ3n) is 9.46. The Kier molecular flexibility index (Phi) is 8.70. The molecule has 3 heterocycles. The number of phenolic OH excluding ortho intramolecular Hbond substituents is 1. The minimum absolute atomic E-state index is 0.0515. The second kappa shape index (κ2) is 13.4. The van der Waals surface area contributed by atoms with Crippen LogP contribution in [-0.4, -0.2) is 79.8 Å². The van der Waals surface area contributed by atoms with E-state index in [0.717, 1.165) is 33.5 Å². The van der Waals surface area contributed by atoms with Crippen molar-refractivity contribution in [2.45, 2.75) is 44.8 Å². The fourth-order valence-electron chi connectivity index (χ4n) is 6.96. The molecule has 0 spiro atoms. The number of carbonyl (C=O) groups excluding carboxylic acids is 3. The van der Waals surface area contributed by atoms with Crippen LogP contribution in [0.5, 0.6) is 5.75 Å². The molecule has 250 valence electrons. The number of urea groups is 1. The molecule has 0 radical (unpaired) electrons. The first kappa shape index (κ1) is 31.8. The minimum Gasteiger partial charge on any atom is -0.508 e. The number of hydrazine groups is 1. The van der Waals surface area contributed by atoms with Gasteiger partial charge in [-0.15, -0.1) is 0 Å². The number of aromatic hydroxyl groups is 1. The van der Waals surface area contributed by atoms with E-state index in [1.54, 1.807) is 51.1 Å². The molecular formula is C37H39N8O4+. The van der Waals surface area contributed by atoms with Gasteiger partial charge in [-0.25, -0.2) is 14.8 Å². The molecule has 2 fully saturated rings. The van der Waals surface area contributed by atoms with Crippen LogP contribution in [0.2, 0.25) is 0 Å². The number of hydrogen-bond acceptors (Lipinski definition) is 7. The van der Waals surface area contributed by atoms with Gasteiger partial charge in [-0.1, -0.05) is 77.5 Å². The Morgan fingerprint density at radius 1 is 0.939 bits per heavy atom. The second-order valence-electron chi connectivity index (χ2n) is 12.7. The van der Waals surface area contributed by atoms with E-state index in [2.05, 4.69) is 5.32 Å². The molecule has 4 amide bonds. The van der Waals surface area contributed by atoms with Crippen LogP contribution < -0.4 is 11.1 Å². The molecule has 4 aromatic carbocycles. The van der Waals surface area contributed by atoms with Gasteiger partial charge in [0.15, 0.2) is 0 Å². The normalized spacial score (nSPS) is 19.0. The topological polar surface area (TPSA) is 138 Å². The van der Waals surface area contributed by atoms with Crippen LogP contribution in [0.25, 0.3) is 0 Å². The van der Waals surface area contributed by atoms with Crippen molar-refractivity contribution >= 4 is 29.2 Å². The zero-order valence-electron chi connectivity index (χ0n) is 27.3. The molecule has 12 heteroatoms. The van der Waals surface area contributed by atoms with E-state index >= 15 is 0 Å². The molecular weight excluding hydrogens is 620 g/mol. The van der Waals surface area contributed by atoms with E-state index in [9.17, 15) is 19.5 Å². The van der Waals surface area contributed by atoms with Crippen molar-refractivity contribution < 1.29 is 24.2 Å². The quantitative estimate of drug-likeness (QED) is 0.194. The molecule has 2 saturated heterocycles. The van der Waals surface area contributed by atoms with E-state index in [1.165, 1.54) is 0 Å². The number of fused-ring (bicyclic) bond motifs is 2. The summed E-state index contributed by atoms with van der Waals surface area (Å²) in [4.78, 5) is 45.3. The molecule has 2 atom stereocenters. The van der Waals surface area contributed by atoms with Crippen LogP contribution in [0.3, 0.4) is 0 Å². The van der Waals surface area contributed by atoms with Crippen LogP contribution in [0, 0.1) is 0 Å². The van der Waals surface area contributed by atoms with Gasteiger partial charge in [0.25, 0.3) is 0 Å². The lowest BCUT2D eigenvalue weighted by Crippen LogP contribution is -2.76. The highest BCUT2D eigenvalue weighted by Crippen LogP contribution is 2.34. The fraction of sp³-hybridized carbons (Fsp3) is 0.270. The summed E-state index contributed by atoms with van der Waals surface area (Å²) in [5.74, 6) is -0.317. The van der Waals surface area contributed by atoms with Crippen molar-refractivity contribution in [2.24, 2.45) is 5.11 Å². The average Bonchev–Trinajstić information content (AvgIpc) is 3.51. The number of nitrogens with two attached hydrogens (primary N) is 1. The van der Waals surface area contributed by atoms with Gasteiger partial charge in [0.2, 0.25) is 24.0 Å². The predicted molar refractivity (Wildman–Crippen MR) is 182 cm³/mol. The molecule has 4 N–H and O–H groups in total. The van der Waals surface area contributed by atoms with Crippen molar-refractivity contribution in [3.8, 4) is 5.75 Å². The number of benzene rings is 4. The van der Waals surface area contributed by atoms with Crippen molar-refractivity contribution in [3.05, 3.63) is 125 Å². The Hall–Kier alpha value is -5.75. The van der Waals surface area contributed by atoms with E-state index in [-0.39, 0.29) is 49.7 Å². The van der Waals surface area contributed by atoms with E-state index in [0.29, 0.717) is 25.3 Å². The number of nitrogen functional groups attached to an aromatic ring is 1. The number of rotatable bonds is 8. The van der Waals surface area contributed by atoms with Crippen molar-refractivity contribution in [2.75, 3.05) is 25.9 Å². The van der Waals surface area contributed by atoms with Gasteiger partial charge in [0, 0.05) is 43.9 Å². The number of phenols is 1. The SMILES string of the molecule is CN1CC(=O)N2[C@@H](Cc3ccc(O)cc3)C(=O)N(Cc3cccc4c3CN=[N+]4Cc3ccccc3N)C[C@@H]2N1C(=O)NCc1ccccc1. The summed E-state index contributed by atoms with van der Waals surface area (Å²) in [7, 11) is 1.72. The lowest BCUT2D eigenvalue weighted by molar-refractivity contribution is -0.524. The monoisotopic (exact) mass is 659 g/mol. The number of nitrogens with zero attached hydrogens (tertiary/aromatic N) is 6. The van der Waals surface area contributed by atoms with Crippen LogP contribution in [0.4, 0.5) is 16.2 Å². The lowest BCUT2D eigenvalue weighted by Gasteiger charge is -2.54. The molecule has 3 aliphatic heterocycles. The first-order valence-electron chi connectivity index (χ1n) is 16.4. The predicted octanol–water partition coefficient (Wildman–Crippen LogP) is 3.96. The Balaban J connectivity index is 1.19. The van der Waals surface area contributed by atoms with Gasteiger partial charge < -0.3 is 26.0 Å². The number of azo groups is 2. The minimum atomic E-state index is -0.854. The number of para-hydroxylation sites is 1. The summed E-state index contributed by atoms with van der Waals surface area (Å²) in [6.45, 7) is 1.66.